The summed E-state index contributed by atoms with van der Waals surface area (Å²) in [5, 5.41) is 0.998. The summed E-state index contributed by atoms with van der Waals surface area (Å²) in [6.45, 7) is 2.00. The first-order chi connectivity index (χ1) is 10.0. The first kappa shape index (κ1) is 16.6. The van der Waals surface area contributed by atoms with E-state index in [2.05, 4.69) is 0 Å². The van der Waals surface area contributed by atoms with Crippen molar-refractivity contribution < 1.29 is 4.39 Å². The van der Waals surface area contributed by atoms with Crippen molar-refractivity contribution in [2.24, 2.45) is 5.73 Å². The van der Waals surface area contributed by atoms with E-state index in [1.54, 1.807) is 18.2 Å². The predicted octanol–water partition coefficient (Wildman–Crippen LogP) is 5.56. The third-order valence-corrected chi connectivity index (χ3v) is 5.02. The second-order valence-corrected chi connectivity index (χ2v) is 6.70. The first-order valence-corrected chi connectivity index (χ1v) is 8.24. The van der Waals surface area contributed by atoms with Crippen LogP contribution in [0.2, 0.25) is 10.0 Å². The smallest absolute Gasteiger partial charge is 0.127 e. The Morgan fingerprint density at radius 2 is 1.95 bits per heavy atom. The molecule has 2 aromatic carbocycles. The topological polar surface area (TPSA) is 26.0 Å². The van der Waals surface area contributed by atoms with E-state index in [0.29, 0.717) is 22.0 Å². The monoisotopic (exact) mass is 343 g/mol. The SMILES string of the molecule is CCC(N)Cc1c(F)cccc1Sc1ccc(Cl)c(Cl)c1. The number of rotatable bonds is 5. The number of benzene rings is 2. The van der Waals surface area contributed by atoms with E-state index in [1.807, 2.05) is 19.1 Å². The maximum absolute atomic E-state index is 14.1. The van der Waals surface area contributed by atoms with Crippen LogP contribution in [0.15, 0.2) is 46.2 Å². The summed E-state index contributed by atoms with van der Waals surface area (Å²) in [6, 6.07) is 10.4. The molecule has 0 saturated carbocycles. The quantitative estimate of drug-likeness (QED) is 0.768. The summed E-state index contributed by atoms with van der Waals surface area (Å²) in [7, 11) is 0. The Hall–Kier alpha value is -0.740. The molecule has 0 aromatic heterocycles. The van der Waals surface area contributed by atoms with Gasteiger partial charge in [-0.15, -0.1) is 0 Å². The van der Waals surface area contributed by atoms with Crippen LogP contribution >= 0.6 is 35.0 Å². The minimum Gasteiger partial charge on any atom is -0.327 e. The average molecular weight is 344 g/mol. The lowest BCUT2D eigenvalue weighted by Gasteiger charge is -2.14. The van der Waals surface area contributed by atoms with Gasteiger partial charge in [0.2, 0.25) is 0 Å². The average Bonchev–Trinajstić information content (AvgIpc) is 2.46. The highest BCUT2D eigenvalue weighted by Crippen LogP contribution is 2.35. The summed E-state index contributed by atoms with van der Waals surface area (Å²) in [4.78, 5) is 1.78. The third kappa shape index (κ3) is 4.36. The summed E-state index contributed by atoms with van der Waals surface area (Å²) in [6.07, 6.45) is 1.33. The van der Waals surface area contributed by atoms with Crippen LogP contribution in [-0.2, 0) is 6.42 Å². The fraction of sp³-hybridized carbons (Fsp3) is 0.250. The Morgan fingerprint density at radius 3 is 2.62 bits per heavy atom. The van der Waals surface area contributed by atoms with Crippen LogP contribution in [0.3, 0.4) is 0 Å². The molecule has 0 aliphatic heterocycles. The van der Waals surface area contributed by atoms with Gasteiger partial charge in [0.1, 0.15) is 5.82 Å². The van der Waals surface area contributed by atoms with E-state index in [-0.39, 0.29) is 11.9 Å². The zero-order chi connectivity index (χ0) is 15.4. The minimum absolute atomic E-state index is 0.0462. The molecule has 0 aliphatic carbocycles. The standard InChI is InChI=1S/C16H16Cl2FNS/c1-2-10(20)8-12-15(19)4-3-5-16(12)21-11-6-7-13(17)14(18)9-11/h3-7,9-10H,2,8,20H2,1H3. The van der Waals surface area contributed by atoms with Gasteiger partial charge in [-0.2, -0.15) is 0 Å². The molecule has 5 heteroatoms. The lowest BCUT2D eigenvalue weighted by atomic mass is 10.0. The first-order valence-electron chi connectivity index (χ1n) is 6.67. The molecule has 0 aliphatic rings. The van der Waals surface area contributed by atoms with E-state index in [0.717, 1.165) is 16.2 Å². The Kier molecular flexibility index (Phi) is 5.94. The Labute approximate surface area is 138 Å². The molecule has 0 bridgehead atoms. The Morgan fingerprint density at radius 1 is 1.19 bits per heavy atom. The molecular formula is C16H16Cl2FNS. The van der Waals surface area contributed by atoms with Gasteiger partial charge in [-0.3, -0.25) is 0 Å². The molecular weight excluding hydrogens is 328 g/mol. The van der Waals surface area contributed by atoms with Gasteiger partial charge in [0.15, 0.2) is 0 Å². The number of hydrogen-bond acceptors (Lipinski definition) is 2. The van der Waals surface area contributed by atoms with Crippen molar-refractivity contribution in [3.63, 3.8) is 0 Å². The molecule has 0 saturated heterocycles. The maximum atomic E-state index is 14.1. The predicted molar refractivity (Wildman–Crippen MR) is 89.0 cm³/mol. The molecule has 0 spiro atoms. The van der Waals surface area contributed by atoms with Crippen LogP contribution in [0.5, 0.6) is 0 Å². The molecule has 112 valence electrons. The normalized spacial score (nSPS) is 12.4. The fourth-order valence-corrected chi connectivity index (χ4v) is 3.29. The summed E-state index contributed by atoms with van der Waals surface area (Å²) < 4.78 is 14.1. The molecule has 0 radical (unpaired) electrons. The second kappa shape index (κ2) is 7.50. The van der Waals surface area contributed by atoms with Crippen molar-refractivity contribution in [1.29, 1.82) is 0 Å². The zero-order valence-corrected chi connectivity index (χ0v) is 13.9. The second-order valence-electron chi connectivity index (χ2n) is 4.77. The molecule has 2 N–H and O–H groups in total. The molecule has 1 atom stereocenters. The van der Waals surface area contributed by atoms with Gasteiger partial charge in [-0.05, 0) is 43.2 Å². The molecule has 2 aromatic rings. The third-order valence-electron chi connectivity index (χ3n) is 3.19. The fourth-order valence-electron chi connectivity index (χ4n) is 1.91. The lowest BCUT2D eigenvalue weighted by Crippen LogP contribution is -2.22. The molecule has 1 unspecified atom stereocenters. The molecule has 0 heterocycles. The van der Waals surface area contributed by atoms with E-state index in [9.17, 15) is 4.39 Å². The molecule has 21 heavy (non-hydrogen) atoms. The minimum atomic E-state index is -0.219. The summed E-state index contributed by atoms with van der Waals surface area (Å²) in [5.41, 5.74) is 6.62. The van der Waals surface area contributed by atoms with Crippen molar-refractivity contribution >= 4 is 35.0 Å². The van der Waals surface area contributed by atoms with Crippen molar-refractivity contribution in [3.05, 3.63) is 57.8 Å². The lowest BCUT2D eigenvalue weighted by molar-refractivity contribution is 0.571. The van der Waals surface area contributed by atoms with Crippen LogP contribution < -0.4 is 5.73 Å². The van der Waals surface area contributed by atoms with E-state index in [4.69, 9.17) is 28.9 Å². The Balaban J connectivity index is 2.30. The Bertz CT molecular complexity index is 634. The van der Waals surface area contributed by atoms with Crippen LogP contribution in [0.4, 0.5) is 4.39 Å². The summed E-state index contributed by atoms with van der Waals surface area (Å²) >= 11 is 13.4. The molecule has 0 amide bonds. The van der Waals surface area contributed by atoms with E-state index >= 15 is 0 Å². The van der Waals surface area contributed by atoms with E-state index < -0.39 is 0 Å². The number of nitrogens with two attached hydrogens (primary N) is 1. The molecule has 2 rings (SSSR count). The van der Waals surface area contributed by atoms with Gasteiger partial charge in [-0.1, -0.05) is 48.0 Å². The van der Waals surface area contributed by atoms with Gasteiger partial charge < -0.3 is 5.73 Å². The number of hydrogen-bond donors (Lipinski definition) is 1. The van der Waals surface area contributed by atoms with Gasteiger partial charge in [0.05, 0.1) is 10.0 Å². The van der Waals surface area contributed by atoms with Crippen molar-refractivity contribution in [2.75, 3.05) is 0 Å². The van der Waals surface area contributed by atoms with Gasteiger partial charge >= 0.3 is 0 Å². The van der Waals surface area contributed by atoms with Crippen LogP contribution in [0.1, 0.15) is 18.9 Å². The summed E-state index contributed by atoms with van der Waals surface area (Å²) in [5.74, 6) is -0.219. The van der Waals surface area contributed by atoms with Crippen molar-refractivity contribution in [3.8, 4) is 0 Å². The highest BCUT2D eigenvalue weighted by Gasteiger charge is 2.13. The largest absolute Gasteiger partial charge is 0.327 e. The number of halogens is 3. The highest BCUT2D eigenvalue weighted by atomic mass is 35.5. The van der Waals surface area contributed by atoms with Crippen molar-refractivity contribution in [2.45, 2.75) is 35.6 Å². The molecule has 0 fully saturated rings. The highest BCUT2D eigenvalue weighted by molar-refractivity contribution is 7.99. The maximum Gasteiger partial charge on any atom is 0.127 e. The zero-order valence-electron chi connectivity index (χ0n) is 11.6. The van der Waals surface area contributed by atoms with Crippen LogP contribution in [-0.4, -0.2) is 6.04 Å². The van der Waals surface area contributed by atoms with Crippen LogP contribution in [0.25, 0.3) is 0 Å². The van der Waals surface area contributed by atoms with E-state index in [1.165, 1.54) is 17.8 Å². The van der Waals surface area contributed by atoms with Gasteiger partial charge in [-0.25, -0.2) is 4.39 Å². The van der Waals surface area contributed by atoms with Gasteiger partial charge in [0, 0.05) is 21.4 Å². The molecule has 1 nitrogen and oxygen atoms in total. The van der Waals surface area contributed by atoms with Gasteiger partial charge in [0.25, 0.3) is 0 Å². The van der Waals surface area contributed by atoms with Crippen LogP contribution in [0, 0.1) is 5.82 Å². The van der Waals surface area contributed by atoms with Crippen molar-refractivity contribution in [1.82, 2.24) is 0 Å².